The Morgan fingerprint density at radius 1 is 1.11 bits per heavy atom. The lowest BCUT2D eigenvalue weighted by atomic mass is 9.85. The van der Waals surface area contributed by atoms with Crippen LogP contribution in [0.15, 0.2) is 48.0 Å². The fraction of sp³-hybridized carbons (Fsp3) is 0.484. The molecule has 38 heavy (non-hydrogen) atoms. The van der Waals surface area contributed by atoms with E-state index in [9.17, 15) is 14.7 Å². The molecular formula is C31H42N2O5. The molecule has 3 rings (SSSR count). The lowest BCUT2D eigenvalue weighted by molar-refractivity contribution is -0.139. The summed E-state index contributed by atoms with van der Waals surface area (Å²) < 4.78 is 11.5. The number of nitrogens with zero attached hydrogens (tertiary/aromatic N) is 2. The molecule has 1 saturated heterocycles. The van der Waals surface area contributed by atoms with Gasteiger partial charge in [0.2, 0.25) is 0 Å². The van der Waals surface area contributed by atoms with Crippen molar-refractivity contribution in [1.82, 2.24) is 9.80 Å². The van der Waals surface area contributed by atoms with Crippen LogP contribution in [0.4, 0.5) is 0 Å². The summed E-state index contributed by atoms with van der Waals surface area (Å²) in [4.78, 5) is 30.5. The Hall–Kier alpha value is -3.32. The lowest BCUT2D eigenvalue weighted by Crippen LogP contribution is -2.32. The molecule has 2 aromatic rings. The maximum atomic E-state index is 13.5. The van der Waals surface area contributed by atoms with Gasteiger partial charge >= 0.3 is 0 Å². The zero-order valence-corrected chi connectivity index (χ0v) is 24.0. The molecule has 1 atom stereocenters. The van der Waals surface area contributed by atoms with Crippen LogP contribution in [0.5, 0.6) is 11.5 Å². The van der Waals surface area contributed by atoms with Gasteiger partial charge in [0.25, 0.3) is 11.7 Å². The number of hydrogen-bond acceptors (Lipinski definition) is 6. The number of aliphatic hydroxyl groups is 1. The van der Waals surface area contributed by atoms with E-state index in [4.69, 9.17) is 9.47 Å². The van der Waals surface area contributed by atoms with Gasteiger partial charge < -0.3 is 24.4 Å². The number of benzene rings is 2. The van der Waals surface area contributed by atoms with Gasteiger partial charge in [0.15, 0.2) is 0 Å². The van der Waals surface area contributed by atoms with Gasteiger partial charge in [-0.05, 0) is 73.8 Å². The van der Waals surface area contributed by atoms with E-state index in [0.29, 0.717) is 48.1 Å². The second-order valence-corrected chi connectivity index (χ2v) is 11.6. The maximum Gasteiger partial charge on any atom is 0.295 e. The van der Waals surface area contributed by atoms with E-state index in [2.05, 4.69) is 34.6 Å². The minimum Gasteiger partial charge on any atom is -0.507 e. The molecule has 0 aliphatic carbocycles. The number of hydrogen-bond donors (Lipinski definition) is 1. The second kappa shape index (κ2) is 12.0. The van der Waals surface area contributed by atoms with Crippen molar-refractivity contribution in [2.75, 3.05) is 40.9 Å². The Morgan fingerprint density at radius 2 is 1.82 bits per heavy atom. The fourth-order valence-corrected chi connectivity index (χ4v) is 4.56. The number of amides is 1. The largest absolute Gasteiger partial charge is 0.507 e. The quantitative estimate of drug-likeness (QED) is 0.256. The number of ketones is 1. The molecule has 7 heteroatoms. The summed E-state index contributed by atoms with van der Waals surface area (Å²) in [6.45, 7) is 12.0. The van der Waals surface area contributed by atoms with Crippen LogP contribution < -0.4 is 9.47 Å². The van der Waals surface area contributed by atoms with Gasteiger partial charge in [0.05, 0.1) is 30.9 Å². The van der Waals surface area contributed by atoms with Crippen LogP contribution in [-0.4, -0.2) is 67.5 Å². The highest BCUT2D eigenvalue weighted by Gasteiger charge is 2.46. The van der Waals surface area contributed by atoms with E-state index in [1.807, 2.05) is 55.4 Å². The van der Waals surface area contributed by atoms with Gasteiger partial charge in [0.1, 0.15) is 17.3 Å². The van der Waals surface area contributed by atoms with Crippen molar-refractivity contribution >= 4 is 17.4 Å². The zero-order chi connectivity index (χ0) is 28.2. The van der Waals surface area contributed by atoms with Gasteiger partial charge in [-0.1, -0.05) is 52.8 Å². The number of Topliss-reactive ketones (excluding diaryl/α,β-unsaturated/α-hetero) is 1. The SMILES string of the molecule is COc1ccc(C(C)(C)C)cc1/C(O)=C1\C(=O)C(=O)N(CCCN(C)C)C1c1cccc(OCC(C)C)c1. The molecule has 1 heterocycles. The zero-order valence-electron chi connectivity index (χ0n) is 24.0. The second-order valence-electron chi connectivity index (χ2n) is 11.6. The standard InChI is InChI=1S/C31H42N2O5/c1-20(2)19-38-23-12-9-11-21(17-23)27-26(29(35)30(36)33(27)16-10-15-32(6)7)28(34)24-18-22(31(3,4)5)13-14-25(24)37-8/h9,11-14,17-18,20,27,34H,10,15-16,19H2,1-8H3/b28-26+. The molecular weight excluding hydrogens is 480 g/mol. The number of aliphatic hydroxyl groups excluding tert-OH is 1. The monoisotopic (exact) mass is 522 g/mol. The van der Waals surface area contributed by atoms with Gasteiger partial charge in [-0.3, -0.25) is 9.59 Å². The maximum absolute atomic E-state index is 13.5. The molecule has 0 spiro atoms. The third-order valence-corrected chi connectivity index (χ3v) is 6.62. The van der Waals surface area contributed by atoms with Gasteiger partial charge in [-0.25, -0.2) is 0 Å². The van der Waals surface area contributed by atoms with Crippen molar-refractivity contribution in [1.29, 1.82) is 0 Å². The van der Waals surface area contributed by atoms with Gasteiger partial charge in [0, 0.05) is 6.54 Å². The molecule has 7 nitrogen and oxygen atoms in total. The van der Waals surface area contributed by atoms with Crippen LogP contribution in [0.3, 0.4) is 0 Å². The first-order valence-electron chi connectivity index (χ1n) is 13.2. The number of carbonyl (C=O) groups excluding carboxylic acids is 2. The highest BCUT2D eigenvalue weighted by atomic mass is 16.5. The predicted molar refractivity (Wildman–Crippen MR) is 151 cm³/mol. The summed E-state index contributed by atoms with van der Waals surface area (Å²) in [5.41, 5.74) is 1.94. The Kier molecular flexibility index (Phi) is 9.26. The van der Waals surface area contributed by atoms with Crippen LogP contribution in [-0.2, 0) is 15.0 Å². The number of rotatable bonds is 10. The Labute approximate surface area is 227 Å². The van der Waals surface area contributed by atoms with Crippen LogP contribution in [0.25, 0.3) is 5.76 Å². The van der Waals surface area contributed by atoms with Crippen molar-refractivity contribution in [3.05, 3.63) is 64.7 Å². The van der Waals surface area contributed by atoms with Crippen molar-refractivity contribution in [3.63, 3.8) is 0 Å². The summed E-state index contributed by atoms with van der Waals surface area (Å²) in [7, 11) is 5.46. The summed E-state index contributed by atoms with van der Waals surface area (Å²) in [6, 6.07) is 12.3. The minimum atomic E-state index is -0.747. The number of ether oxygens (including phenoxy) is 2. The van der Waals surface area contributed by atoms with Gasteiger partial charge in [-0.2, -0.15) is 0 Å². The number of likely N-dealkylation sites (tertiary alicyclic amines) is 1. The third kappa shape index (κ3) is 6.57. The fourth-order valence-electron chi connectivity index (χ4n) is 4.56. The normalized spacial score (nSPS) is 17.5. The highest BCUT2D eigenvalue weighted by molar-refractivity contribution is 6.46. The van der Waals surface area contributed by atoms with Crippen LogP contribution in [0.2, 0.25) is 0 Å². The molecule has 1 unspecified atom stereocenters. The molecule has 1 fully saturated rings. The number of carbonyl (C=O) groups is 2. The highest BCUT2D eigenvalue weighted by Crippen LogP contribution is 2.42. The van der Waals surface area contributed by atoms with E-state index in [-0.39, 0.29) is 16.7 Å². The first-order valence-corrected chi connectivity index (χ1v) is 13.2. The van der Waals surface area contributed by atoms with Gasteiger partial charge in [-0.15, -0.1) is 0 Å². The van der Waals surface area contributed by atoms with E-state index in [1.54, 1.807) is 11.0 Å². The predicted octanol–water partition coefficient (Wildman–Crippen LogP) is 5.40. The molecule has 0 bridgehead atoms. The first kappa shape index (κ1) is 29.2. The Balaban J connectivity index is 2.19. The molecule has 2 aromatic carbocycles. The Morgan fingerprint density at radius 3 is 2.42 bits per heavy atom. The molecule has 1 aliphatic rings. The average Bonchev–Trinajstić information content (AvgIpc) is 3.11. The lowest BCUT2D eigenvalue weighted by Gasteiger charge is -2.26. The molecule has 206 valence electrons. The molecule has 0 saturated carbocycles. The van der Waals surface area contributed by atoms with E-state index >= 15 is 0 Å². The summed E-state index contributed by atoms with van der Waals surface area (Å²) >= 11 is 0. The molecule has 0 aromatic heterocycles. The number of methoxy groups -OCH3 is 1. The molecule has 1 N–H and O–H groups in total. The summed E-state index contributed by atoms with van der Waals surface area (Å²) in [5.74, 6) is -0.119. The van der Waals surface area contributed by atoms with Crippen molar-refractivity contribution in [2.45, 2.75) is 52.5 Å². The average molecular weight is 523 g/mol. The van der Waals surface area contributed by atoms with Crippen LogP contribution >= 0.6 is 0 Å². The van der Waals surface area contributed by atoms with Crippen molar-refractivity contribution in [3.8, 4) is 11.5 Å². The summed E-state index contributed by atoms with van der Waals surface area (Å²) in [5, 5.41) is 11.7. The van der Waals surface area contributed by atoms with E-state index in [1.165, 1.54) is 7.11 Å². The van der Waals surface area contributed by atoms with Crippen LogP contribution in [0, 0.1) is 5.92 Å². The first-order chi connectivity index (χ1) is 17.8. The smallest absolute Gasteiger partial charge is 0.295 e. The molecule has 1 aliphatic heterocycles. The van der Waals surface area contributed by atoms with Crippen LogP contribution in [0.1, 0.15) is 63.8 Å². The third-order valence-electron chi connectivity index (χ3n) is 6.62. The van der Waals surface area contributed by atoms with E-state index < -0.39 is 17.7 Å². The minimum absolute atomic E-state index is 0.0604. The van der Waals surface area contributed by atoms with Crippen molar-refractivity contribution in [2.24, 2.45) is 5.92 Å². The van der Waals surface area contributed by atoms with E-state index in [0.717, 1.165) is 12.1 Å². The molecule has 0 radical (unpaired) electrons. The molecule has 1 amide bonds. The summed E-state index contributed by atoms with van der Waals surface area (Å²) in [6.07, 6.45) is 0.683. The topological polar surface area (TPSA) is 79.3 Å². The Bertz CT molecular complexity index is 1190. The van der Waals surface area contributed by atoms with Crippen molar-refractivity contribution < 1.29 is 24.2 Å².